The second kappa shape index (κ2) is 8.99. The predicted octanol–water partition coefficient (Wildman–Crippen LogP) is 3.27. The Bertz CT molecular complexity index is 1050. The lowest BCUT2D eigenvalue weighted by molar-refractivity contribution is -1.92. The standard InChI is InChI=1S/C23H17ClO4S2/c25-24(26,27)28-23(29-17-22(30-23)20-14-8-3-9-15-20)21(19-12-6-2-7-13-19)16-18-10-4-1-5-11-18/h1-17H/b21-16+. The smallest absolute Gasteiger partial charge is 0.183 e. The molecule has 0 amide bonds. The van der Waals surface area contributed by atoms with E-state index in [0.29, 0.717) is 5.57 Å². The van der Waals surface area contributed by atoms with Gasteiger partial charge in [0, 0.05) is 10.5 Å². The minimum absolute atomic E-state index is 0.582. The third-order valence-electron chi connectivity index (χ3n) is 4.35. The van der Waals surface area contributed by atoms with Crippen molar-refractivity contribution >= 4 is 40.1 Å². The highest BCUT2D eigenvalue weighted by molar-refractivity contribution is 8.27. The Labute approximate surface area is 185 Å². The zero-order valence-corrected chi connectivity index (χ0v) is 18.0. The molecule has 4 rings (SSSR count). The van der Waals surface area contributed by atoms with E-state index in [4.69, 9.17) is 4.29 Å². The number of hydrogen-bond donors (Lipinski definition) is 0. The number of rotatable bonds is 6. The molecule has 1 atom stereocenters. The van der Waals surface area contributed by atoms with Crippen LogP contribution in [0.2, 0.25) is 0 Å². The van der Waals surface area contributed by atoms with Crippen LogP contribution in [0.25, 0.3) is 16.6 Å². The molecule has 0 saturated carbocycles. The Balaban J connectivity index is 1.82. The van der Waals surface area contributed by atoms with Crippen molar-refractivity contribution in [1.82, 2.24) is 0 Å². The number of benzene rings is 3. The SMILES string of the molecule is [O-][Cl+3]([O-])([O-])OC1(/C(=C/c2ccccc2)c2ccccc2)SC=C(c2ccccc2)S1. The first-order valence-corrected chi connectivity index (χ1v) is 11.9. The van der Waals surface area contributed by atoms with Crippen LogP contribution in [0.4, 0.5) is 0 Å². The first kappa shape index (κ1) is 21.2. The predicted molar refractivity (Wildman–Crippen MR) is 114 cm³/mol. The van der Waals surface area contributed by atoms with Crippen LogP contribution < -0.4 is 14.0 Å². The molecule has 1 unspecified atom stereocenters. The largest absolute Gasteiger partial charge is 0.349 e. The Morgan fingerprint density at radius 3 is 1.97 bits per heavy atom. The summed E-state index contributed by atoms with van der Waals surface area (Å²) in [5, 5.41) is 1.84. The first-order chi connectivity index (χ1) is 14.5. The zero-order valence-electron chi connectivity index (χ0n) is 15.6. The maximum atomic E-state index is 11.7. The van der Waals surface area contributed by atoms with Crippen molar-refractivity contribution < 1.29 is 28.5 Å². The Kier molecular flexibility index (Phi) is 6.36. The van der Waals surface area contributed by atoms with Crippen molar-refractivity contribution in [2.75, 3.05) is 0 Å². The van der Waals surface area contributed by atoms with Crippen LogP contribution in [0.15, 0.2) is 96.4 Å². The van der Waals surface area contributed by atoms with Gasteiger partial charge in [-0.15, -0.1) is 0 Å². The Morgan fingerprint density at radius 1 is 0.800 bits per heavy atom. The van der Waals surface area contributed by atoms with E-state index >= 15 is 0 Å². The quantitative estimate of drug-likeness (QED) is 0.530. The van der Waals surface area contributed by atoms with Gasteiger partial charge in [-0.1, -0.05) is 115 Å². The normalized spacial score (nSPS) is 19.6. The van der Waals surface area contributed by atoms with Crippen LogP contribution in [-0.4, -0.2) is 4.27 Å². The molecule has 30 heavy (non-hydrogen) atoms. The Hall–Kier alpha value is -2.03. The Morgan fingerprint density at radius 2 is 1.37 bits per heavy atom. The van der Waals surface area contributed by atoms with Gasteiger partial charge in [0.2, 0.25) is 0 Å². The molecule has 0 N–H and O–H groups in total. The topological polar surface area (TPSA) is 78.4 Å². The maximum absolute atomic E-state index is 11.7. The first-order valence-electron chi connectivity index (χ1n) is 9.02. The molecule has 3 aromatic rings. The third-order valence-corrected chi connectivity index (χ3v) is 7.75. The van der Waals surface area contributed by atoms with E-state index in [0.717, 1.165) is 21.6 Å². The van der Waals surface area contributed by atoms with E-state index in [-0.39, 0.29) is 0 Å². The third kappa shape index (κ3) is 4.99. The molecule has 4 nitrogen and oxygen atoms in total. The molecular weight excluding hydrogens is 440 g/mol. The van der Waals surface area contributed by atoms with Crippen LogP contribution in [0.5, 0.6) is 0 Å². The molecule has 0 radical (unpaired) electrons. The molecule has 0 aromatic heterocycles. The molecule has 3 aromatic carbocycles. The van der Waals surface area contributed by atoms with Gasteiger partial charge >= 0.3 is 4.27 Å². The second-order valence-corrected chi connectivity index (χ2v) is 9.85. The van der Waals surface area contributed by atoms with Crippen molar-refractivity contribution in [2.24, 2.45) is 0 Å². The summed E-state index contributed by atoms with van der Waals surface area (Å²) in [7, 11) is -4.67. The minimum Gasteiger partial charge on any atom is -0.183 e. The van der Waals surface area contributed by atoms with E-state index in [9.17, 15) is 14.0 Å². The van der Waals surface area contributed by atoms with Gasteiger partial charge in [-0.05, 0) is 28.2 Å². The summed E-state index contributed by atoms with van der Waals surface area (Å²) in [5.41, 5.74) is 3.14. The van der Waals surface area contributed by atoms with Crippen LogP contribution in [0, 0.1) is 10.2 Å². The lowest BCUT2D eigenvalue weighted by Crippen LogP contribution is -2.63. The van der Waals surface area contributed by atoms with Crippen molar-refractivity contribution in [1.29, 1.82) is 0 Å². The molecule has 1 aliphatic heterocycles. The molecule has 152 valence electrons. The summed E-state index contributed by atoms with van der Waals surface area (Å²) in [6.07, 6.45) is 1.86. The van der Waals surface area contributed by atoms with E-state index < -0.39 is 14.5 Å². The minimum atomic E-state index is -4.67. The molecule has 1 aliphatic rings. The molecule has 7 heteroatoms. The van der Waals surface area contributed by atoms with Crippen molar-refractivity contribution in [3.05, 3.63) is 113 Å². The molecule has 0 bridgehead atoms. The lowest BCUT2D eigenvalue weighted by Gasteiger charge is -2.27. The highest BCUT2D eigenvalue weighted by Crippen LogP contribution is 2.60. The highest BCUT2D eigenvalue weighted by Gasteiger charge is 2.55. The monoisotopic (exact) mass is 456 g/mol. The fraction of sp³-hybridized carbons (Fsp3) is 0.0435. The van der Waals surface area contributed by atoms with Crippen LogP contribution in [-0.2, 0) is 4.29 Å². The highest BCUT2D eigenvalue weighted by atomic mass is 35.7. The van der Waals surface area contributed by atoms with Gasteiger partial charge in [0.1, 0.15) is 4.29 Å². The van der Waals surface area contributed by atoms with Crippen LogP contribution in [0.1, 0.15) is 16.7 Å². The van der Waals surface area contributed by atoms with Gasteiger partial charge in [-0.3, -0.25) is 0 Å². The lowest BCUT2D eigenvalue weighted by atomic mass is 10.0. The van der Waals surface area contributed by atoms with Gasteiger partial charge in [0.15, 0.2) is 0 Å². The van der Waals surface area contributed by atoms with Gasteiger partial charge in [0.25, 0.3) is 0 Å². The summed E-state index contributed by atoms with van der Waals surface area (Å²) >= 11 is 2.37. The van der Waals surface area contributed by atoms with Crippen LogP contribution in [0.3, 0.4) is 0 Å². The summed E-state index contributed by atoms with van der Waals surface area (Å²) in [6.45, 7) is 0. The molecule has 0 saturated heterocycles. The van der Waals surface area contributed by atoms with Crippen molar-refractivity contribution in [2.45, 2.75) is 4.27 Å². The summed E-state index contributed by atoms with van der Waals surface area (Å²) in [5.74, 6) is 0. The van der Waals surface area contributed by atoms with E-state index in [1.165, 1.54) is 23.5 Å². The average molecular weight is 457 g/mol. The van der Waals surface area contributed by atoms with E-state index in [2.05, 4.69) is 0 Å². The average Bonchev–Trinajstić information content (AvgIpc) is 3.17. The van der Waals surface area contributed by atoms with E-state index in [1.54, 1.807) is 0 Å². The van der Waals surface area contributed by atoms with Crippen LogP contribution >= 0.6 is 23.5 Å². The fourth-order valence-electron chi connectivity index (χ4n) is 3.05. The maximum Gasteiger partial charge on any atom is 0.349 e. The number of thioether (sulfide) groups is 2. The number of hydrogen-bond acceptors (Lipinski definition) is 6. The fourth-order valence-corrected chi connectivity index (χ4v) is 6.60. The van der Waals surface area contributed by atoms with Crippen molar-refractivity contribution in [3.8, 4) is 0 Å². The van der Waals surface area contributed by atoms with Gasteiger partial charge in [0.05, 0.1) is 10.2 Å². The van der Waals surface area contributed by atoms with E-state index in [1.807, 2.05) is 102 Å². The number of halogens is 1. The molecule has 1 heterocycles. The van der Waals surface area contributed by atoms with Crippen molar-refractivity contribution in [3.63, 3.8) is 0 Å². The molecule has 0 fully saturated rings. The van der Waals surface area contributed by atoms with Gasteiger partial charge in [-0.25, -0.2) is 0 Å². The molecule has 0 spiro atoms. The summed E-state index contributed by atoms with van der Waals surface area (Å²) in [4.78, 5) is 0.828. The molecular formula is C23H17ClO4S2. The summed E-state index contributed by atoms with van der Waals surface area (Å²) in [6, 6.07) is 28.4. The zero-order chi connectivity index (χ0) is 21.0. The summed E-state index contributed by atoms with van der Waals surface area (Å²) < 4.78 is 39.0. The molecule has 0 aliphatic carbocycles. The van der Waals surface area contributed by atoms with Gasteiger partial charge in [-0.2, -0.15) is 14.0 Å². The second-order valence-electron chi connectivity index (χ2n) is 6.41. The van der Waals surface area contributed by atoms with Gasteiger partial charge < -0.3 is 0 Å².